The molecule has 1 saturated carbocycles. The van der Waals surface area contributed by atoms with Gasteiger partial charge < -0.3 is 14.8 Å². The fourth-order valence-electron chi connectivity index (χ4n) is 2.91. The predicted octanol–water partition coefficient (Wildman–Crippen LogP) is 2.97. The third-order valence-electron chi connectivity index (χ3n) is 4.64. The van der Waals surface area contributed by atoms with E-state index in [0.29, 0.717) is 28.2 Å². The number of rotatable bonds is 8. The molecule has 1 N–H and O–H groups in total. The van der Waals surface area contributed by atoms with E-state index < -0.39 is 0 Å². The lowest BCUT2D eigenvalue weighted by molar-refractivity contribution is -0.120. The summed E-state index contributed by atoms with van der Waals surface area (Å²) in [5, 5.41) is 11.6. The zero-order chi connectivity index (χ0) is 20.4. The summed E-state index contributed by atoms with van der Waals surface area (Å²) in [6, 6.07) is 5.86. The maximum absolute atomic E-state index is 12.5. The van der Waals surface area contributed by atoms with Crippen LogP contribution < -0.4 is 19.7 Å². The second-order valence-corrected chi connectivity index (χ2v) is 9.41. The number of fused-ring (bicyclic) bond motifs is 1. The summed E-state index contributed by atoms with van der Waals surface area (Å²) in [4.78, 5) is 26.4. The van der Waals surface area contributed by atoms with E-state index in [4.69, 9.17) is 9.47 Å². The zero-order valence-corrected chi connectivity index (χ0v) is 17.8. The molecule has 10 heteroatoms. The van der Waals surface area contributed by atoms with Crippen LogP contribution in [-0.4, -0.2) is 40.1 Å². The molecule has 1 aromatic heterocycles. The summed E-state index contributed by atoms with van der Waals surface area (Å²) in [7, 11) is 0. The van der Waals surface area contributed by atoms with Crippen molar-refractivity contribution >= 4 is 40.0 Å². The highest BCUT2D eigenvalue weighted by Gasteiger charge is 2.35. The van der Waals surface area contributed by atoms with Gasteiger partial charge in [0.05, 0.1) is 5.25 Å². The van der Waals surface area contributed by atoms with E-state index in [2.05, 4.69) is 15.5 Å². The summed E-state index contributed by atoms with van der Waals surface area (Å²) in [5.41, 5.74) is 0.941. The summed E-state index contributed by atoms with van der Waals surface area (Å²) >= 11 is 2.71. The molecule has 2 aromatic rings. The topological polar surface area (TPSA) is 93.7 Å². The lowest BCUT2D eigenvalue weighted by atomic mass is 10.2. The predicted molar refractivity (Wildman–Crippen MR) is 110 cm³/mol. The van der Waals surface area contributed by atoms with E-state index in [1.807, 2.05) is 32.0 Å². The van der Waals surface area contributed by atoms with Crippen molar-refractivity contribution in [3.8, 4) is 11.5 Å². The van der Waals surface area contributed by atoms with E-state index in [9.17, 15) is 9.59 Å². The number of nitrogens with zero attached hydrogens (tertiary/aromatic N) is 3. The molecule has 0 saturated heterocycles. The van der Waals surface area contributed by atoms with Gasteiger partial charge in [0.1, 0.15) is 0 Å². The van der Waals surface area contributed by atoms with Crippen LogP contribution in [0.2, 0.25) is 0 Å². The number of anilines is 1. The Balaban J connectivity index is 1.32. The molecule has 4 rings (SSSR count). The van der Waals surface area contributed by atoms with Crippen molar-refractivity contribution in [1.82, 2.24) is 15.5 Å². The Morgan fingerprint density at radius 3 is 2.86 bits per heavy atom. The van der Waals surface area contributed by atoms with Gasteiger partial charge in [-0.05, 0) is 37.5 Å². The van der Waals surface area contributed by atoms with Crippen molar-refractivity contribution in [1.29, 1.82) is 0 Å². The number of hydrogen-bond acceptors (Lipinski definition) is 8. The van der Waals surface area contributed by atoms with E-state index in [-0.39, 0.29) is 29.9 Å². The monoisotopic (exact) mass is 434 g/mol. The third kappa shape index (κ3) is 4.64. The fraction of sp³-hybridized carbons (Fsp3) is 0.474. The Morgan fingerprint density at radius 2 is 2.10 bits per heavy atom. The lowest BCUT2D eigenvalue weighted by Gasteiger charge is -2.17. The second-order valence-electron chi connectivity index (χ2n) is 6.86. The number of carbonyl (C=O) groups is 2. The van der Waals surface area contributed by atoms with Crippen LogP contribution in [0.5, 0.6) is 11.5 Å². The average Bonchev–Trinajstić information content (AvgIpc) is 3.26. The number of aromatic nitrogens is 2. The fourth-order valence-corrected chi connectivity index (χ4v) is 5.00. The van der Waals surface area contributed by atoms with Crippen molar-refractivity contribution in [2.75, 3.05) is 11.7 Å². The summed E-state index contributed by atoms with van der Waals surface area (Å²) in [6.07, 6.45) is 2.45. The van der Waals surface area contributed by atoms with Gasteiger partial charge in [0.15, 0.2) is 15.8 Å². The number of amides is 2. The molecule has 1 aliphatic heterocycles. The molecular weight excluding hydrogens is 412 g/mol. The summed E-state index contributed by atoms with van der Waals surface area (Å²) in [6.45, 7) is 4.31. The van der Waals surface area contributed by atoms with Crippen LogP contribution >= 0.6 is 23.1 Å². The van der Waals surface area contributed by atoms with Crippen LogP contribution in [0.25, 0.3) is 0 Å². The Kier molecular flexibility index (Phi) is 5.91. The Bertz CT molecular complexity index is 915. The second kappa shape index (κ2) is 8.58. The van der Waals surface area contributed by atoms with Gasteiger partial charge in [-0.1, -0.05) is 36.1 Å². The number of nitrogens with one attached hydrogen (secondary N) is 1. The van der Waals surface area contributed by atoms with Crippen LogP contribution in [-0.2, 0) is 16.1 Å². The first-order valence-corrected chi connectivity index (χ1v) is 11.2. The van der Waals surface area contributed by atoms with Gasteiger partial charge in [-0.25, -0.2) is 0 Å². The molecule has 2 heterocycles. The molecule has 1 atom stereocenters. The minimum Gasteiger partial charge on any atom is -0.454 e. The van der Waals surface area contributed by atoms with E-state index >= 15 is 0 Å². The zero-order valence-electron chi connectivity index (χ0n) is 16.2. The molecule has 1 aromatic carbocycles. The van der Waals surface area contributed by atoms with Crippen molar-refractivity contribution < 1.29 is 19.1 Å². The first-order chi connectivity index (χ1) is 14.0. The average molecular weight is 435 g/mol. The van der Waals surface area contributed by atoms with Gasteiger partial charge in [-0.3, -0.25) is 14.5 Å². The molecular formula is C19H22N4O4S2. The SMILES string of the molecule is CCC(=O)N(c1nnc(S[C@@H](C)C(=O)NCc2ccc3c(c2)OCO3)s1)C1CC1. The van der Waals surface area contributed by atoms with Crippen LogP contribution in [0.3, 0.4) is 0 Å². The molecule has 2 aliphatic rings. The van der Waals surface area contributed by atoms with E-state index in [1.165, 1.54) is 23.1 Å². The number of thioether (sulfide) groups is 1. The third-order valence-corrected chi connectivity index (χ3v) is 6.74. The number of benzene rings is 1. The minimum atomic E-state index is -0.332. The molecule has 0 bridgehead atoms. The molecule has 0 radical (unpaired) electrons. The van der Waals surface area contributed by atoms with E-state index in [0.717, 1.165) is 24.2 Å². The smallest absolute Gasteiger partial charge is 0.233 e. The van der Waals surface area contributed by atoms with Crippen molar-refractivity contribution in [2.45, 2.75) is 55.3 Å². The first-order valence-electron chi connectivity index (χ1n) is 9.53. The Hall–Kier alpha value is -2.33. The largest absolute Gasteiger partial charge is 0.454 e. The molecule has 1 fully saturated rings. The van der Waals surface area contributed by atoms with Gasteiger partial charge >= 0.3 is 0 Å². The molecule has 8 nitrogen and oxygen atoms in total. The van der Waals surface area contributed by atoms with Gasteiger partial charge in [0.2, 0.25) is 23.7 Å². The van der Waals surface area contributed by atoms with Crippen LogP contribution in [0.1, 0.15) is 38.7 Å². The van der Waals surface area contributed by atoms with Crippen LogP contribution in [0.4, 0.5) is 5.13 Å². The first kappa shape index (κ1) is 20.0. The minimum absolute atomic E-state index is 0.0646. The molecule has 154 valence electrons. The van der Waals surface area contributed by atoms with Gasteiger partial charge in [0, 0.05) is 19.0 Å². The van der Waals surface area contributed by atoms with Crippen molar-refractivity contribution in [3.05, 3.63) is 23.8 Å². The molecule has 1 aliphatic carbocycles. The van der Waals surface area contributed by atoms with Crippen molar-refractivity contribution in [3.63, 3.8) is 0 Å². The van der Waals surface area contributed by atoms with E-state index in [1.54, 1.807) is 4.90 Å². The van der Waals surface area contributed by atoms with Crippen LogP contribution in [0.15, 0.2) is 22.5 Å². The highest BCUT2D eigenvalue weighted by molar-refractivity contribution is 8.02. The standard InChI is InChI=1S/C19H22N4O4S2/c1-3-16(24)23(13-5-6-13)18-21-22-19(29-18)28-11(2)17(25)20-9-12-4-7-14-15(8-12)27-10-26-14/h4,7-8,11,13H,3,5-6,9-10H2,1-2H3,(H,20,25)/t11-/m0/s1. The number of hydrogen-bond donors (Lipinski definition) is 1. The maximum Gasteiger partial charge on any atom is 0.233 e. The Morgan fingerprint density at radius 1 is 1.31 bits per heavy atom. The molecule has 29 heavy (non-hydrogen) atoms. The van der Waals surface area contributed by atoms with Crippen LogP contribution in [0, 0.1) is 0 Å². The van der Waals surface area contributed by atoms with Gasteiger partial charge in [-0.15, -0.1) is 10.2 Å². The molecule has 0 spiro atoms. The highest BCUT2D eigenvalue weighted by Crippen LogP contribution is 2.37. The van der Waals surface area contributed by atoms with Crippen molar-refractivity contribution in [2.24, 2.45) is 0 Å². The maximum atomic E-state index is 12.5. The highest BCUT2D eigenvalue weighted by atomic mass is 32.2. The van der Waals surface area contributed by atoms with Gasteiger partial charge in [0.25, 0.3) is 0 Å². The molecule has 2 amide bonds. The lowest BCUT2D eigenvalue weighted by Crippen LogP contribution is -2.32. The van der Waals surface area contributed by atoms with Gasteiger partial charge in [-0.2, -0.15) is 0 Å². The summed E-state index contributed by atoms with van der Waals surface area (Å²) < 4.78 is 11.3. The summed E-state index contributed by atoms with van der Waals surface area (Å²) in [5.74, 6) is 1.39. The number of carbonyl (C=O) groups excluding carboxylic acids is 2. The number of ether oxygens (including phenoxy) is 2. The Labute approximate surface area is 177 Å². The quantitative estimate of drug-likeness (QED) is 0.504. The molecule has 0 unspecified atom stereocenters. The normalized spacial score (nSPS) is 15.8.